The fraction of sp³-hybridized carbons (Fsp3) is 0.875. The topological polar surface area (TPSA) is 100 Å². The molecule has 10 nitrogen and oxygen atoms in total. The number of esters is 1. The molecular weight excluding hydrogens is 476 g/mol. The first-order chi connectivity index (χ1) is 16.5. The molecule has 3 saturated heterocycles. The number of fused-ring (bicyclic) bond motifs is 3. The van der Waals surface area contributed by atoms with Gasteiger partial charge in [0.05, 0.1) is 6.61 Å². The van der Waals surface area contributed by atoms with Crippen LogP contribution in [0.5, 0.6) is 0 Å². The lowest BCUT2D eigenvalue weighted by molar-refractivity contribution is -0.225. The molecule has 0 saturated carbocycles. The smallest absolute Gasteiger partial charge is 0.463 e. The average Bonchev–Trinajstić information content (AvgIpc) is 3.25. The van der Waals surface area contributed by atoms with Gasteiger partial charge in [0, 0.05) is 31.9 Å². The minimum Gasteiger partial charge on any atom is -0.463 e. The maximum Gasteiger partial charge on any atom is 0.501 e. The Morgan fingerprint density at radius 3 is 1.91 bits per heavy atom. The van der Waals surface area contributed by atoms with Crippen LogP contribution in [0.3, 0.4) is 0 Å². The molecule has 5 atom stereocenters. The Morgan fingerprint density at radius 2 is 1.34 bits per heavy atom. The molecule has 0 spiro atoms. The van der Waals surface area contributed by atoms with E-state index in [0.717, 1.165) is 0 Å². The van der Waals surface area contributed by atoms with Gasteiger partial charge in [-0.2, -0.15) is 0 Å². The summed E-state index contributed by atoms with van der Waals surface area (Å²) in [6, 6.07) is 0.464. The van der Waals surface area contributed by atoms with E-state index in [-0.39, 0.29) is 6.61 Å². The second-order valence-corrected chi connectivity index (χ2v) is 12.3. The van der Waals surface area contributed by atoms with Crippen LogP contribution in [-0.2, 0) is 46.5 Å². The molecule has 0 aromatic heterocycles. The Bertz CT molecular complexity index is 738. The van der Waals surface area contributed by atoms with Crippen molar-refractivity contribution in [2.45, 2.75) is 110 Å². The number of carbonyl (C=O) groups is 1. The van der Waals surface area contributed by atoms with E-state index in [0.29, 0.717) is 37.9 Å². The van der Waals surface area contributed by atoms with Gasteiger partial charge in [-0.05, 0) is 67.4 Å². The fourth-order valence-electron chi connectivity index (χ4n) is 4.84. The van der Waals surface area contributed by atoms with Gasteiger partial charge in [-0.1, -0.05) is 0 Å². The summed E-state index contributed by atoms with van der Waals surface area (Å²) in [4.78, 5) is 12.6. The van der Waals surface area contributed by atoms with E-state index in [1.54, 1.807) is 6.92 Å². The molecule has 3 aliphatic rings. The molecule has 0 N–H and O–H groups in total. The largest absolute Gasteiger partial charge is 0.501 e. The fourth-order valence-corrected chi connectivity index (χ4v) is 7.44. The van der Waals surface area contributed by atoms with E-state index in [9.17, 15) is 4.79 Å². The molecule has 0 aliphatic carbocycles. The Hall–Kier alpha value is -0.893. The van der Waals surface area contributed by atoms with Crippen LogP contribution >= 0.6 is 0 Å². The Labute approximate surface area is 209 Å². The van der Waals surface area contributed by atoms with Gasteiger partial charge in [0.25, 0.3) is 0 Å². The van der Waals surface area contributed by atoms with E-state index in [1.165, 1.54) is 6.08 Å². The van der Waals surface area contributed by atoms with Crippen molar-refractivity contribution in [1.82, 2.24) is 0 Å². The maximum absolute atomic E-state index is 12.6. The van der Waals surface area contributed by atoms with E-state index >= 15 is 0 Å². The van der Waals surface area contributed by atoms with Crippen LogP contribution in [0.4, 0.5) is 0 Å². The summed E-state index contributed by atoms with van der Waals surface area (Å²) in [5, 5.41) is 0. The van der Waals surface area contributed by atoms with E-state index in [4.69, 9.17) is 41.7 Å². The van der Waals surface area contributed by atoms with Gasteiger partial charge in [-0.25, -0.2) is 4.79 Å². The van der Waals surface area contributed by atoms with Crippen LogP contribution in [0.1, 0.15) is 61.8 Å². The predicted molar refractivity (Wildman–Crippen MR) is 127 cm³/mol. The SMILES string of the molecule is CCOC(=O)/C=C(\CC[Si](OCC)(OCC)OCC)C1OC2OC(C)(C)OC2C2OC(C)(C)OC12. The second kappa shape index (κ2) is 11.7. The summed E-state index contributed by atoms with van der Waals surface area (Å²) < 4.78 is 54.4. The van der Waals surface area contributed by atoms with Gasteiger partial charge in [0.1, 0.15) is 24.4 Å². The number of hydrogen-bond donors (Lipinski definition) is 0. The Morgan fingerprint density at radius 1 is 0.800 bits per heavy atom. The van der Waals surface area contributed by atoms with Crippen LogP contribution in [0.15, 0.2) is 11.6 Å². The van der Waals surface area contributed by atoms with Gasteiger partial charge in [0.15, 0.2) is 17.9 Å². The lowest BCUT2D eigenvalue weighted by Gasteiger charge is -2.39. The standard InChI is InChI=1S/C24H42O10Si/c1-9-26-17(25)15-16(13-14-35(27-10-2,28-11-3)29-12-4)18-19-20(32-23(5,6)31-19)21-22(30-18)34-24(7,8)33-21/h15,18-22H,9-14H2,1-8H3/b16-15+. The predicted octanol–water partition coefficient (Wildman–Crippen LogP) is 3.31. The quantitative estimate of drug-likeness (QED) is 0.217. The third-order valence-corrected chi connectivity index (χ3v) is 8.97. The van der Waals surface area contributed by atoms with E-state index in [2.05, 4.69) is 0 Å². The molecule has 11 heteroatoms. The van der Waals surface area contributed by atoms with E-state index < -0.39 is 57.1 Å². The van der Waals surface area contributed by atoms with Crippen LogP contribution in [0.2, 0.25) is 6.04 Å². The molecule has 0 aromatic carbocycles. The molecule has 3 heterocycles. The molecule has 0 radical (unpaired) electrons. The van der Waals surface area contributed by atoms with Crippen LogP contribution in [-0.4, -0.2) is 83.5 Å². The first-order valence-corrected chi connectivity index (χ1v) is 14.6. The normalized spacial score (nSPS) is 31.8. The summed E-state index contributed by atoms with van der Waals surface area (Å²) >= 11 is 0. The first-order valence-electron chi connectivity index (χ1n) is 12.6. The zero-order valence-corrected chi connectivity index (χ0v) is 23.3. The number of ether oxygens (including phenoxy) is 6. The van der Waals surface area contributed by atoms with Gasteiger partial charge < -0.3 is 41.7 Å². The molecule has 202 valence electrons. The van der Waals surface area contributed by atoms with Crippen molar-refractivity contribution in [3.8, 4) is 0 Å². The van der Waals surface area contributed by atoms with Crippen LogP contribution < -0.4 is 0 Å². The highest BCUT2D eigenvalue weighted by atomic mass is 28.4. The van der Waals surface area contributed by atoms with Crippen molar-refractivity contribution in [2.24, 2.45) is 0 Å². The third-order valence-electron chi connectivity index (χ3n) is 5.92. The lowest BCUT2D eigenvalue weighted by Crippen LogP contribution is -2.55. The summed E-state index contributed by atoms with van der Waals surface area (Å²) in [5.74, 6) is -2.14. The van der Waals surface area contributed by atoms with E-state index in [1.807, 2.05) is 48.5 Å². The zero-order chi connectivity index (χ0) is 25.9. The van der Waals surface area contributed by atoms with Crippen LogP contribution in [0, 0.1) is 0 Å². The van der Waals surface area contributed by atoms with Gasteiger partial charge >= 0.3 is 14.8 Å². The summed E-state index contributed by atoms with van der Waals surface area (Å²) in [5.41, 5.74) is 0.683. The molecule has 35 heavy (non-hydrogen) atoms. The molecular formula is C24H42O10Si. The molecule has 3 aliphatic heterocycles. The van der Waals surface area contributed by atoms with Gasteiger partial charge in [-0.3, -0.25) is 0 Å². The molecule has 0 aromatic rings. The zero-order valence-electron chi connectivity index (χ0n) is 22.3. The molecule has 0 amide bonds. The summed E-state index contributed by atoms with van der Waals surface area (Å²) in [6.07, 6.45) is -0.802. The minimum absolute atomic E-state index is 0.262. The molecule has 3 fully saturated rings. The summed E-state index contributed by atoms with van der Waals surface area (Å²) in [6.45, 7) is 16.5. The highest BCUT2D eigenvalue weighted by Crippen LogP contribution is 2.46. The third kappa shape index (κ3) is 6.91. The van der Waals surface area contributed by atoms with Gasteiger partial charge in [0.2, 0.25) is 0 Å². The van der Waals surface area contributed by atoms with Crippen molar-refractivity contribution in [1.29, 1.82) is 0 Å². The average molecular weight is 519 g/mol. The Balaban J connectivity index is 1.93. The highest BCUT2D eigenvalue weighted by molar-refractivity contribution is 6.60. The number of carbonyl (C=O) groups excluding carboxylic acids is 1. The maximum atomic E-state index is 12.6. The molecule has 3 rings (SSSR count). The van der Waals surface area contributed by atoms with Crippen molar-refractivity contribution < 1.29 is 46.5 Å². The van der Waals surface area contributed by atoms with Gasteiger partial charge in [-0.15, -0.1) is 0 Å². The lowest BCUT2D eigenvalue weighted by atomic mass is 9.92. The van der Waals surface area contributed by atoms with Crippen molar-refractivity contribution in [2.75, 3.05) is 26.4 Å². The first kappa shape index (κ1) is 28.7. The van der Waals surface area contributed by atoms with Crippen molar-refractivity contribution in [3.63, 3.8) is 0 Å². The minimum atomic E-state index is -2.98. The Kier molecular flexibility index (Phi) is 9.55. The van der Waals surface area contributed by atoms with Crippen LogP contribution in [0.25, 0.3) is 0 Å². The second-order valence-electron chi connectivity index (χ2n) is 9.54. The van der Waals surface area contributed by atoms with Crippen molar-refractivity contribution in [3.05, 3.63) is 11.6 Å². The number of hydrogen-bond acceptors (Lipinski definition) is 10. The molecule has 5 unspecified atom stereocenters. The monoisotopic (exact) mass is 518 g/mol. The highest BCUT2D eigenvalue weighted by Gasteiger charge is 2.61. The molecule has 0 bridgehead atoms. The van der Waals surface area contributed by atoms with Crippen molar-refractivity contribution >= 4 is 14.8 Å². The number of rotatable bonds is 12. The summed E-state index contributed by atoms with van der Waals surface area (Å²) in [7, 11) is -2.98.